The fourth-order valence-electron chi connectivity index (χ4n) is 2.98. The van der Waals surface area contributed by atoms with E-state index in [1.54, 1.807) is 42.6 Å². The maximum absolute atomic E-state index is 13.2. The van der Waals surface area contributed by atoms with Gasteiger partial charge < -0.3 is 4.74 Å². The Morgan fingerprint density at radius 3 is 2.77 bits per heavy atom. The Bertz CT molecular complexity index is 1290. The molecule has 0 atom stereocenters. The van der Waals surface area contributed by atoms with Gasteiger partial charge in [-0.25, -0.2) is 0 Å². The third-order valence-corrected chi connectivity index (χ3v) is 6.35. The quantitative estimate of drug-likeness (QED) is 0.419. The van der Waals surface area contributed by atoms with Crippen molar-refractivity contribution < 1.29 is 9.53 Å². The van der Waals surface area contributed by atoms with Crippen LogP contribution in [0, 0.1) is 6.92 Å². The molecule has 0 bridgehead atoms. The van der Waals surface area contributed by atoms with E-state index in [2.05, 4.69) is 4.98 Å². The molecule has 0 N–H and O–H groups in total. The molecule has 1 fully saturated rings. The van der Waals surface area contributed by atoms with Crippen molar-refractivity contribution in [2.45, 2.75) is 13.8 Å². The molecule has 3 aromatic rings. The van der Waals surface area contributed by atoms with E-state index in [9.17, 15) is 9.59 Å². The first kappa shape index (κ1) is 20.6. The highest BCUT2D eigenvalue weighted by Crippen LogP contribution is 2.34. The van der Waals surface area contributed by atoms with Gasteiger partial charge in [0.25, 0.3) is 11.5 Å². The summed E-state index contributed by atoms with van der Waals surface area (Å²) in [6.45, 7) is 4.16. The molecule has 1 aromatic carbocycles. The molecule has 0 radical (unpaired) electrons. The number of thiocarbonyl (C=S) groups is 1. The first-order valence-corrected chi connectivity index (χ1v) is 10.7. The molecule has 0 saturated carbocycles. The molecule has 9 heteroatoms. The molecule has 1 aliphatic rings. The Hall–Kier alpha value is -2.68. The van der Waals surface area contributed by atoms with Gasteiger partial charge in [-0.2, -0.15) is 4.98 Å². The van der Waals surface area contributed by atoms with Gasteiger partial charge in [-0.15, -0.1) is 0 Å². The van der Waals surface area contributed by atoms with Gasteiger partial charge in [0, 0.05) is 17.8 Å². The number of rotatable bonds is 4. The molecule has 0 spiro atoms. The van der Waals surface area contributed by atoms with Crippen molar-refractivity contribution >= 4 is 57.5 Å². The fourth-order valence-corrected chi connectivity index (χ4v) is 4.46. The number of pyridine rings is 1. The van der Waals surface area contributed by atoms with Crippen molar-refractivity contribution in [2.75, 3.05) is 6.54 Å². The molecule has 0 aliphatic carbocycles. The van der Waals surface area contributed by atoms with Crippen molar-refractivity contribution in [2.24, 2.45) is 0 Å². The van der Waals surface area contributed by atoms with E-state index in [1.807, 2.05) is 13.8 Å². The number of hydrogen-bond acceptors (Lipinski definition) is 6. The summed E-state index contributed by atoms with van der Waals surface area (Å²) in [6.07, 6.45) is 3.12. The monoisotopic (exact) mass is 457 g/mol. The summed E-state index contributed by atoms with van der Waals surface area (Å²) < 4.78 is 7.83. The molecule has 2 aromatic heterocycles. The number of nitrogens with zero attached hydrogens (tertiary/aromatic N) is 3. The van der Waals surface area contributed by atoms with E-state index >= 15 is 0 Å². The molecule has 1 saturated heterocycles. The molecule has 1 amide bonds. The van der Waals surface area contributed by atoms with E-state index in [4.69, 9.17) is 28.6 Å². The maximum atomic E-state index is 13.2. The SMILES string of the molecule is CCN1C(=O)/C(=C\c2c(Oc3ccc(Cl)c(C)c3)nc3ccccn3c2=O)SC1=S. The summed E-state index contributed by atoms with van der Waals surface area (Å²) in [5, 5.41) is 0.609. The number of thioether (sulfide) groups is 1. The topological polar surface area (TPSA) is 63.9 Å². The molecule has 0 unspecified atom stereocenters. The molecule has 6 nitrogen and oxygen atoms in total. The highest BCUT2D eigenvalue weighted by atomic mass is 35.5. The zero-order valence-corrected chi connectivity index (χ0v) is 18.5. The number of carbonyl (C=O) groups excluding carboxylic acids is 1. The number of benzene rings is 1. The standard InChI is InChI=1S/C21H16ClN3O3S2/c1-3-24-20(27)16(30-21(24)29)11-14-18(28-13-7-8-15(22)12(2)10-13)23-17-6-4-5-9-25(17)19(14)26/h4-11H,3H2,1-2H3/b16-11+. The highest BCUT2D eigenvalue weighted by molar-refractivity contribution is 8.26. The predicted molar refractivity (Wildman–Crippen MR) is 123 cm³/mol. The van der Waals surface area contributed by atoms with Gasteiger partial charge in [0.2, 0.25) is 5.88 Å². The van der Waals surface area contributed by atoms with Crippen LogP contribution in [0.5, 0.6) is 11.6 Å². The Morgan fingerprint density at radius 1 is 1.27 bits per heavy atom. The number of halogens is 1. The Labute approximate surface area is 187 Å². The van der Waals surface area contributed by atoms with Crippen LogP contribution in [0.2, 0.25) is 5.02 Å². The normalized spacial score (nSPS) is 15.4. The lowest BCUT2D eigenvalue weighted by Crippen LogP contribution is -2.27. The molecule has 152 valence electrons. The van der Waals surface area contributed by atoms with Crippen LogP contribution in [-0.4, -0.2) is 31.1 Å². The minimum Gasteiger partial charge on any atom is -0.438 e. The predicted octanol–water partition coefficient (Wildman–Crippen LogP) is 4.67. The van der Waals surface area contributed by atoms with Gasteiger partial charge in [-0.05, 0) is 55.8 Å². The second-order valence-corrected chi connectivity index (χ2v) is 8.59. The second kappa shape index (κ2) is 8.22. The van der Waals surface area contributed by atoms with E-state index in [0.29, 0.717) is 32.2 Å². The lowest BCUT2D eigenvalue weighted by molar-refractivity contribution is -0.121. The molecular weight excluding hydrogens is 442 g/mol. The van der Waals surface area contributed by atoms with Crippen LogP contribution in [0.4, 0.5) is 0 Å². The first-order valence-electron chi connectivity index (χ1n) is 9.10. The lowest BCUT2D eigenvalue weighted by Gasteiger charge is -2.11. The van der Waals surface area contributed by atoms with E-state index < -0.39 is 0 Å². The third-order valence-electron chi connectivity index (χ3n) is 4.54. The number of amides is 1. The number of fused-ring (bicyclic) bond motifs is 1. The zero-order valence-electron chi connectivity index (χ0n) is 16.1. The van der Waals surface area contributed by atoms with Crippen molar-refractivity contribution in [3.05, 3.63) is 74.0 Å². The maximum Gasteiger partial charge on any atom is 0.269 e. The summed E-state index contributed by atoms with van der Waals surface area (Å²) in [4.78, 5) is 32.2. The van der Waals surface area contributed by atoms with E-state index in [1.165, 1.54) is 15.4 Å². The summed E-state index contributed by atoms with van der Waals surface area (Å²) in [5.74, 6) is 0.355. The van der Waals surface area contributed by atoms with Crippen molar-refractivity contribution in [3.8, 4) is 11.6 Å². The van der Waals surface area contributed by atoms with E-state index in [0.717, 1.165) is 17.3 Å². The van der Waals surface area contributed by atoms with Gasteiger partial charge in [-0.1, -0.05) is 41.6 Å². The number of likely N-dealkylation sites (N-methyl/N-ethyl adjacent to an activating group) is 1. The zero-order chi connectivity index (χ0) is 21.4. The van der Waals surface area contributed by atoms with Crippen molar-refractivity contribution in [1.82, 2.24) is 14.3 Å². The van der Waals surface area contributed by atoms with Crippen LogP contribution in [0.25, 0.3) is 11.7 Å². The molecular formula is C21H16ClN3O3S2. The molecule has 1 aliphatic heterocycles. The van der Waals surface area contributed by atoms with E-state index in [-0.39, 0.29) is 22.9 Å². The van der Waals surface area contributed by atoms with Crippen LogP contribution in [0.3, 0.4) is 0 Å². The molecule has 30 heavy (non-hydrogen) atoms. The second-order valence-electron chi connectivity index (χ2n) is 6.50. The van der Waals surface area contributed by atoms with Gasteiger partial charge >= 0.3 is 0 Å². The fraction of sp³-hybridized carbons (Fsp3) is 0.143. The Morgan fingerprint density at radius 2 is 2.07 bits per heavy atom. The Kier molecular flexibility index (Phi) is 5.64. The summed E-state index contributed by atoms with van der Waals surface area (Å²) in [6, 6.07) is 10.4. The summed E-state index contributed by atoms with van der Waals surface area (Å²) >= 11 is 12.5. The highest BCUT2D eigenvalue weighted by Gasteiger charge is 2.31. The number of aromatic nitrogens is 2. The third kappa shape index (κ3) is 3.74. The van der Waals surface area contributed by atoms with Gasteiger partial charge in [0.05, 0.1) is 4.91 Å². The largest absolute Gasteiger partial charge is 0.438 e. The lowest BCUT2D eigenvalue weighted by atomic mass is 10.2. The first-order chi connectivity index (χ1) is 14.4. The van der Waals surface area contributed by atoms with Crippen LogP contribution in [0.15, 0.2) is 52.3 Å². The molecule has 3 heterocycles. The minimum absolute atomic E-state index is 0.106. The average Bonchev–Trinajstić information content (AvgIpc) is 3.00. The van der Waals surface area contributed by atoms with Gasteiger partial charge in [0.15, 0.2) is 0 Å². The van der Waals surface area contributed by atoms with Crippen molar-refractivity contribution in [1.29, 1.82) is 0 Å². The smallest absolute Gasteiger partial charge is 0.269 e. The number of hydrogen-bond donors (Lipinski definition) is 0. The van der Waals surface area contributed by atoms with Crippen LogP contribution >= 0.6 is 35.6 Å². The summed E-state index contributed by atoms with van der Waals surface area (Å²) in [7, 11) is 0. The number of carbonyl (C=O) groups is 1. The van der Waals surface area contributed by atoms with Crippen LogP contribution < -0.4 is 10.3 Å². The van der Waals surface area contributed by atoms with Gasteiger partial charge in [-0.3, -0.25) is 18.9 Å². The minimum atomic E-state index is -0.344. The Balaban J connectivity index is 1.88. The number of aryl methyl sites for hydroxylation is 1. The van der Waals surface area contributed by atoms with Gasteiger partial charge in [0.1, 0.15) is 21.3 Å². The number of ether oxygens (including phenoxy) is 1. The van der Waals surface area contributed by atoms with Crippen LogP contribution in [0.1, 0.15) is 18.1 Å². The molecule has 4 rings (SSSR count). The average molecular weight is 458 g/mol. The van der Waals surface area contributed by atoms with Crippen LogP contribution in [-0.2, 0) is 4.79 Å². The summed E-state index contributed by atoms with van der Waals surface area (Å²) in [5.41, 5.74) is 1.09. The van der Waals surface area contributed by atoms with Crippen molar-refractivity contribution in [3.63, 3.8) is 0 Å².